The highest BCUT2D eigenvalue weighted by atomic mass is 16.5. The smallest absolute Gasteiger partial charge is 0.126 e. The second-order valence-electron chi connectivity index (χ2n) is 4.61. The monoisotopic (exact) mass is 264 g/mol. The minimum Gasteiger partial charge on any atom is -0.465 e. The highest BCUT2D eigenvalue weighted by Crippen LogP contribution is 2.16. The summed E-state index contributed by atoms with van der Waals surface area (Å²) >= 11 is 0. The molecule has 0 bridgehead atoms. The van der Waals surface area contributed by atoms with Gasteiger partial charge in [0.15, 0.2) is 0 Å². The number of furan rings is 1. The van der Waals surface area contributed by atoms with Crippen LogP contribution in [0, 0.1) is 0 Å². The van der Waals surface area contributed by atoms with Gasteiger partial charge >= 0.3 is 0 Å². The molecule has 0 radical (unpaired) electrons. The number of hydrogen-bond acceptors (Lipinski definition) is 2. The van der Waals surface area contributed by atoms with Crippen LogP contribution in [0.5, 0.6) is 0 Å². The lowest BCUT2D eigenvalue weighted by Crippen LogP contribution is -1.92. The predicted octanol–water partition coefficient (Wildman–Crippen LogP) is 4.66. The average Bonchev–Trinajstić information content (AvgIpc) is 3.00. The zero-order valence-corrected chi connectivity index (χ0v) is 11.2. The van der Waals surface area contributed by atoms with Crippen LogP contribution in [0.4, 0.5) is 0 Å². The average molecular weight is 264 g/mol. The lowest BCUT2D eigenvalue weighted by Gasteiger charge is -2.04. The van der Waals surface area contributed by atoms with Gasteiger partial charge in [0.25, 0.3) is 0 Å². The van der Waals surface area contributed by atoms with Crippen molar-refractivity contribution < 1.29 is 9.15 Å². The Bertz CT molecular complexity index is 696. The largest absolute Gasteiger partial charge is 0.465 e. The first-order valence-electron chi connectivity index (χ1n) is 6.67. The van der Waals surface area contributed by atoms with Crippen molar-refractivity contribution in [2.45, 2.75) is 6.61 Å². The SMILES string of the molecule is C(=C\c1ccco1)/COCc1ccc2ccccc2c1. The zero-order valence-electron chi connectivity index (χ0n) is 11.2. The maximum Gasteiger partial charge on any atom is 0.126 e. The van der Waals surface area contributed by atoms with E-state index in [1.54, 1.807) is 6.26 Å². The summed E-state index contributed by atoms with van der Waals surface area (Å²) in [5.41, 5.74) is 1.19. The van der Waals surface area contributed by atoms with Crippen LogP contribution in [0.25, 0.3) is 16.8 Å². The van der Waals surface area contributed by atoms with Gasteiger partial charge in [0.2, 0.25) is 0 Å². The normalized spacial score (nSPS) is 11.4. The van der Waals surface area contributed by atoms with Gasteiger partial charge < -0.3 is 9.15 Å². The minimum absolute atomic E-state index is 0.577. The minimum atomic E-state index is 0.577. The molecule has 0 aliphatic heterocycles. The number of fused-ring (bicyclic) bond motifs is 1. The third kappa shape index (κ3) is 3.16. The van der Waals surface area contributed by atoms with Crippen molar-refractivity contribution >= 4 is 16.8 Å². The molecule has 3 rings (SSSR count). The molecule has 1 aromatic heterocycles. The molecule has 2 aromatic carbocycles. The van der Waals surface area contributed by atoms with Gasteiger partial charge in [-0.3, -0.25) is 0 Å². The molecule has 0 saturated carbocycles. The topological polar surface area (TPSA) is 22.4 Å². The molecule has 0 fully saturated rings. The summed E-state index contributed by atoms with van der Waals surface area (Å²) in [6.07, 6.45) is 5.54. The van der Waals surface area contributed by atoms with Crippen LogP contribution in [-0.4, -0.2) is 6.61 Å². The highest BCUT2D eigenvalue weighted by molar-refractivity contribution is 5.82. The van der Waals surface area contributed by atoms with Crippen LogP contribution in [-0.2, 0) is 11.3 Å². The highest BCUT2D eigenvalue weighted by Gasteiger charge is 1.96. The van der Waals surface area contributed by atoms with Crippen molar-refractivity contribution in [1.82, 2.24) is 0 Å². The predicted molar refractivity (Wildman–Crippen MR) is 81.3 cm³/mol. The number of benzene rings is 2. The molecule has 2 nitrogen and oxygen atoms in total. The maximum atomic E-state index is 5.64. The zero-order chi connectivity index (χ0) is 13.6. The first kappa shape index (κ1) is 12.7. The molecule has 20 heavy (non-hydrogen) atoms. The third-order valence-corrected chi connectivity index (χ3v) is 3.12. The van der Waals surface area contributed by atoms with E-state index in [9.17, 15) is 0 Å². The van der Waals surface area contributed by atoms with Crippen LogP contribution >= 0.6 is 0 Å². The second kappa shape index (κ2) is 6.22. The summed E-state index contributed by atoms with van der Waals surface area (Å²) in [6, 6.07) is 18.5. The van der Waals surface area contributed by atoms with Crippen LogP contribution in [0.1, 0.15) is 11.3 Å². The molecule has 0 aliphatic carbocycles. The van der Waals surface area contributed by atoms with E-state index in [-0.39, 0.29) is 0 Å². The van der Waals surface area contributed by atoms with Gasteiger partial charge in [-0.25, -0.2) is 0 Å². The fourth-order valence-electron chi connectivity index (χ4n) is 2.12. The van der Waals surface area contributed by atoms with E-state index in [1.165, 1.54) is 16.3 Å². The third-order valence-electron chi connectivity index (χ3n) is 3.12. The Labute approximate surface area is 118 Å². The molecule has 0 saturated heterocycles. The quantitative estimate of drug-likeness (QED) is 0.625. The Kier molecular flexibility index (Phi) is 3.95. The van der Waals surface area contributed by atoms with Gasteiger partial charge in [-0.1, -0.05) is 42.5 Å². The molecule has 0 amide bonds. The molecule has 3 aromatic rings. The van der Waals surface area contributed by atoms with Gasteiger partial charge in [-0.05, 0) is 40.6 Å². The fourth-order valence-corrected chi connectivity index (χ4v) is 2.12. The first-order valence-corrected chi connectivity index (χ1v) is 6.67. The van der Waals surface area contributed by atoms with Crippen molar-refractivity contribution in [3.05, 3.63) is 78.3 Å². The Hall–Kier alpha value is -2.32. The Balaban J connectivity index is 1.54. The summed E-state index contributed by atoms with van der Waals surface area (Å²) in [7, 11) is 0. The first-order chi connectivity index (χ1) is 9.92. The van der Waals surface area contributed by atoms with Crippen molar-refractivity contribution in [1.29, 1.82) is 0 Å². The van der Waals surface area contributed by atoms with Crippen LogP contribution in [0.3, 0.4) is 0 Å². The van der Waals surface area contributed by atoms with Gasteiger partial charge in [0.05, 0.1) is 19.5 Å². The van der Waals surface area contributed by atoms with Crippen molar-refractivity contribution in [2.24, 2.45) is 0 Å². The van der Waals surface area contributed by atoms with E-state index < -0.39 is 0 Å². The van der Waals surface area contributed by atoms with E-state index in [0.717, 1.165) is 5.76 Å². The summed E-state index contributed by atoms with van der Waals surface area (Å²) in [6.45, 7) is 1.20. The Morgan fingerprint density at radius 3 is 2.70 bits per heavy atom. The molecule has 0 atom stereocenters. The van der Waals surface area contributed by atoms with E-state index in [1.807, 2.05) is 24.3 Å². The number of hydrogen-bond donors (Lipinski definition) is 0. The summed E-state index contributed by atoms with van der Waals surface area (Å²) in [5, 5.41) is 2.51. The summed E-state index contributed by atoms with van der Waals surface area (Å²) in [4.78, 5) is 0. The maximum absolute atomic E-state index is 5.64. The number of rotatable bonds is 5. The Morgan fingerprint density at radius 1 is 0.950 bits per heavy atom. The fraction of sp³-hybridized carbons (Fsp3) is 0.111. The molecule has 0 spiro atoms. The van der Waals surface area contributed by atoms with Gasteiger partial charge in [0.1, 0.15) is 5.76 Å². The molecule has 0 N–H and O–H groups in total. The molecule has 0 aliphatic rings. The van der Waals surface area contributed by atoms with Crippen molar-refractivity contribution in [2.75, 3.05) is 6.61 Å². The van der Waals surface area contributed by atoms with Crippen LogP contribution in [0.15, 0.2) is 71.4 Å². The van der Waals surface area contributed by atoms with E-state index in [4.69, 9.17) is 9.15 Å². The molecule has 0 unspecified atom stereocenters. The second-order valence-corrected chi connectivity index (χ2v) is 4.61. The van der Waals surface area contributed by atoms with Gasteiger partial charge in [-0.2, -0.15) is 0 Å². The lowest BCUT2D eigenvalue weighted by atomic mass is 10.1. The lowest BCUT2D eigenvalue weighted by molar-refractivity contribution is 0.149. The van der Waals surface area contributed by atoms with E-state index in [2.05, 4.69) is 42.5 Å². The summed E-state index contributed by atoms with van der Waals surface area (Å²) < 4.78 is 10.8. The summed E-state index contributed by atoms with van der Waals surface area (Å²) in [5.74, 6) is 0.847. The standard InChI is InChI=1S/C18H16O2/c1-2-6-17-13-15(9-10-16(17)5-1)14-19-11-3-7-18-8-4-12-20-18/h1-10,12-13H,11,14H2/b7-3+. The Morgan fingerprint density at radius 2 is 1.85 bits per heavy atom. The molecule has 2 heteroatoms. The van der Waals surface area contributed by atoms with Gasteiger partial charge in [-0.15, -0.1) is 0 Å². The molecule has 100 valence electrons. The van der Waals surface area contributed by atoms with E-state index >= 15 is 0 Å². The van der Waals surface area contributed by atoms with E-state index in [0.29, 0.717) is 13.2 Å². The molecule has 1 heterocycles. The number of ether oxygens (including phenoxy) is 1. The molecular weight excluding hydrogens is 248 g/mol. The van der Waals surface area contributed by atoms with Gasteiger partial charge in [0, 0.05) is 0 Å². The van der Waals surface area contributed by atoms with Crippen LogP contribution < -0.4 is 0 Å². The van der Waals surface area contributed by atoms with Crippen molar-refractivity contribution in [3.63, 3.8) is 0 Å². The van der Waals surface area contributed by atoms with Crippen molar-refractivity contribution in [3.8, 4) is 0 Å². The molecular formula is C18H16O2. The van der Waals surface area contributed by atoms with Crippen LogP contribution in [0.2, 0.25) is 0 Å².